The van der Waals surface area contributed by atoms with Crippen LogP contribution >= 0.6 is 0 Å². The number of hydrogen-bond acceptors (Lipinski definition) is 5. The van der Waals surface area contributed by atoms with E-state index in [2.05, 4.69) is 0 Å². The van der Waals surface area contributed by atoms with E-state index in [-0.39, 0.29) is 5.69 Å². The Morgan fingerprint density at radius 1 is 1.33 bits per heavy atom. The lowest BCUT2D eigenvalue weighted by molar-refractivity contribution is -0.384. The molecule has 0 heterocycles. The van der Waals surface area contributed by atoms with Crippen LogP contribution in [0.25, 0.3) is 0 Å². The first-order valence-electron chi connectivity index (χ1n) is 7.16. The van der Waals surface area contributed by atoms with Crippen molar-refractivity contribution in [1.29, 1.82) is 0 Å². The lowest BCUT2D eigenvalue weighted by Gasteiger charge is -2.27. The number of nitro benzene ring substituents is 1. The summed E-state index contributed by atoms with van der Waals surface area (Å²) in [5.74, 6) is 0.329. The SMILES string of the molecule is CC.CCOCCC(C)(C)Oc1cc([N+](=O)[O-])ccc1N. The van der Waals surface area contributed by atoms with E-state index in [0.717, 1.165) is 0 Å². The molecule has 0 bridgehead atoms. The van der Waals surface area contributed by atoms with E-state index in [1.165, 1.54) is 18.2 Å². The van der Waals surface area contributed by atoms with Crippen LogP contribution in [0.4, 0.5) is 11.4 Å². The molecule has 0 saturated carbocycles. The normalized spacial score (nSPS) is 10.5. The summed E-state index contributed by atoms with van der Waals surface area (Å²) in [6.45, 7) is 10.9. The topological polar surface area (TPSA) is 87.6 Å². The molecule has 2 N–H and O–H groups in total. The van der Waals surface area contributed by atoms with Crippen molar-refractivity contribution in [1.82, 2.24) is 0 Å². The third-order valence-corrected chi connectivity index (χ3v) is 2.65. The molecular formula is C15H26N2O4. The summed E-state index contributed by atoms with van der Waals surface area (Å²) >= 11 is 0. The summed E-state index contributed by atoms with van der Waals surface area (Å²) < 4.78 is 11.0. The Morgan fingerprint density at radius 3 is 2.48 bits per heavy atom. The highest BCUT2D eigenvalue weighted by Crippen LogP contribution is 2.30. The number of nitrogens with two attached hydrogens (primary N) is 1. The molecule has 0 aliphatic heterocycles. The van der Waals surface area contributed by atoms with Crippen molar-refractivity contribution in [3.8, 4) is 5.75 Å². The standard InChI is InChI=1S/C13H20N2O4.C2H6/c1-4-18-8-7-13(2,3)19-12-9-10(15(16)17)5-6-11(12)14;1-2/h5-6,9H,4,7-8,14H2,1-3H3;1-2H3. The van der Waals surface area contributed by atoms with Crippen LogP contribution in [-0.2, 0) is 4.74 Å². The van der Waals surface area contributed by atoms with Crippen molar-refractivity contribution in [3.63, 3.8) is 0 Å². The van der Waals surface area contributed by atoms with Gasteiger partial charge in [-0.15, -0.1) is 0 Å². The third kappa shape index (κ3) is 6.94. The molecule has 1 rings (SSSR count). The van der Waals surface area contributed by atoms with Crippen LogP contribution in [0.3, 0.4) is 0 Å². The number of anilines is 1. The van der Waals surface area contributed by atoms with E-state index in [4.69, 9.17) is 15.2 Å². The molecule has 0 aromatic heterocycles. The zero-order valence-electron chi connectivity index (χ0n) is 13.5. The predicted octanol–water partition coefficient (Wildman–Crippen LogP) is 3.79. The lowest BCUT2D eigenvalue weighted by Crippen LogP contribution is -2.30. The number of nitro groups is 1. The summed E-state index contributed by atoms with van der Waals surface area (Å²) in [5, 5.41) is 10.7. The summed E-state index contributed by atoms with van der Waals surface area (Å²) in [4.78, 5) is 10.3. The molecule has 0 aliphatic rings. The Hall–Kier alpha value is -1.82. The zero-order valence-corrected chi connectivity index (χ0v) is 13.5. The van der Waals surface area contributed by atoms with Gasteiger partial charge in [0.05, 0.1) is 23.3 Å². The van der Waals surface area contributed by atoms with E-state index >= 15 is 0 Å². The molecule has 0 spiro atoms. The van der Waals surface area contributed by atoms with Gasteiger partial charge in [-0.25, -0.2) is 0 Å². The minimum atomic E-state index is -0.501. The molecule has 21 heavy (non-hydrogen) atoms. The molecule has 0 atom stereocenters. The van der Waals surface area contributed by atoms with Crippen molar-refractivity contribution in [3.05, 3.63) is 28.3 Å². The van der Waals surface area contributed by atoms with Crippen LogP contribution in [0.1, 0.15) is 41.0 Å². The van der Waals surface area contributed by atoms with Crippen molar-refractivity contribution < 1.29 is 14.4 Å². The Bertz CT molecular complexity index is 447. The smallest absolute Gasteiger partial charge is 0.273 e. The number of non-ortho nitro benzene ring substituents is 1. The van der Waals surface area contributed by atoms with E-state index in [9.17, 15) is 10.1 Å². The number of benzene rings is 1. The molecule has 0 radical (unpaired) electrons. The molecule has 6 nitrogen and oxygen atoms in total. The highest BCUT2D eigenvalue weighted by molar-refractivity contribution is 5.57. The first-order valence-corrected chi connectivity index (χ1v) is 7.16. The van der Waals surface area contributed by atoms with Gasteiger partial charge in [0.15, 0.2) is 0 Å². The van der Waals surface area contributed by atoms with Crippen molar-refractivity contribution in [2.45, 2.75) is 46.6 Å². The first kappa shape index (κ1) is 19.2. The van der Waals surface area contributed by atoms with Crippen LogP contribution in [0.15, 0.2) is 18.2 Å². The first-order chi connectivity index (χ1) is 9.85. The van der Waals surface area contributed by atoms with Gasteiger partial charge in [-0.1, -0.05) is 13.8 Å². The molecule has 6 heteroatoms. The second kappa shape index (κ2) is 9.18. The molecule has 0 unspecified atom stereocenters. The van der Waals surface area contributed by atoms with E-state index in [1.807, 2.05) is 34.6 Å². The van der Waals surface area contributed by atoms with Crippen LogP contribution in [0.5, 0.6) is 5.75 Å². The average molecular weight is 298 g/mol. The molecule has 0 aliphatic carbocycles. The van der Waals surface area contributed by atoms with Crippen molar-refractivity contribution >= 4 is 11.4 Å². The summed E-state index contributed by atoms with van der Waals surface area (Å²) in [7, 11) is 0. The third-order valence-electron chi connectivity index (χ3n) is 2.65. The van der Waals surface area contributed by atoms with Gasteiger partial charge in [-0.2, -0.15) is 0 Å². The molecule has 0 fully saturated rings. The molecular weight excluding hydrogens is 272 g/mol. The van der Waals surface area contributed by atoms with E-state index in [1.54, 1.807) is 0 Å². The summed E-state index contributed by atoms with van der Waals surface area (Å²) in [6.07, 6.45) is 0.670. The largest absolute Gasteiger partial charge is 0.485 e. The lowest BCUT2D eigenvalue weighted by atomic mass is 10.1. The van der Waals surface area contributed by atoms with Crippen LogP contribution in [0.2, 0.25) is 0 Å². The van der Waals surface area contributed by atoms with Crippen LogP contribution in [-0.4, -0.2) is 23.7 Å². The Labute approximate surface area is 126 Å². The predicted molar refractivity (Wildman–Crippen MR) is 84.7 cm³/mol. The molecule has 1 aromatic rings. The van der Waals surface area contributed by atoms with Gasteiger partial charge < -0.3 is 15.2 Å². The Balaban J connectivity index is 0.00000191. The monoisotopic (exact) mass is 298 g/mol. The minimum Gasteiger partial charge on any atom is -0.485 e. The number of ether oxygens (including phenoxy) is 2. The second-order valence-electron chi connectivity index (χ2n) is 4.79. The summed E-state index contributed by atoms with van der Waals surface area (Å²) in [5.41, 5.74) is 5.62. The van der Waals surface area contributed by atoms with Crippen LogP contribution < -0.4 is 10.5 Å². The summed E-state index contributed by atoms with van der Waals surface area (Å²) in [6, 6.07) is 4.18. The van der Waals surface area contributed by atoms with Gasteiger partial charge in [0.2, 0.25) is 0 Å². The van der Waals surface area contributed by atoms with E-state index in [0.29, 0.717) is 31.1 Å². The molecule has 0 saturated heterocycles. The van der Waals surface area contributed by atoms with Gasteiger partial charge >= 0.3 is 0 Å². The maximum atomic E-state index is 10.7. The van der Waals surface area contributed by atoms with Gasteiger partial charge in [-0.3, -0.25) is 10.1 Å². The maximum Gasteiger partial charge on any atom is 0.273 e. The Morgan fingerprint density at radius 2 is 1.95 bits per heavy atom. The molecule has 1 aromatic carbocycles. The highest BCUT2D eigenvalue weighted by atomic mass is 16.6. The van der Waals surface area contributed by atoms with Gasteiger partial charge in [0, 0.05) is 19.1 Å². The van der Waals surface area contributed by atoms with E-state index < -0.39 is 10.5 Å². The molecule has 0 amide bonds. The maximum absolute atomic E-state index is 10.7. The van der Waals surface area contributed by atoms with Crippen molar-refractivity contribution in [2.75, 3.05) is 18.9 Å². The quantitative estimate of drug-likeness (QED) is 0.358. The van der Waals surface area contributed by atoms with Gasteiger partial charge in [0.1, 0.15) is 11.4 Å². The minimum absolute atomic E-state index is 0.0372. The van der Waals surface area contributed by atoms with Gasteiger partial charge in [-0.05, 0) is 26.8 Å². The second-order valence-corrected chi connectivity index (χ2v) is 4.79. The molecule has 120 valence electrons. The van der Waals surface area contributed by atoms with Crippen molar-refractivity contribution in [2.24, 2.45) is 0 Å². The Kier molecular flexibility index (Phi) is 8.38. The fraction of sp³-hybridized carbons (Fsp3) is 0.600. The number of nitrogens with zero attached hydrogens (tertiary/aromatic N) is 1. The fourth-order valence-corrected chi connectivity index (χ4v) is 1.54. The number of nitrogen functional groups attached to an aromatic ring is 1. The number of hydrogen-bond donors (Lipinski definition) is 1. The number of rotatable bonds is 7. The highest BCUT2D eigenvalue weighted by Gasteiger charge is 2.22. The average Bonchev–Trinajstić information content (AvgIpc) is 2.43. The van der Waals surface area contributed by atoms with Crippen LogP contribution in [0, 0.1) is 10.1 Å². The fourth-order valence-electron chi connectivity index (χ4n) is 1.54. The zero-order chi connectivity index (χ0) is 16.5. The van der Waals surface area contributed by atoms with Gasteiger partial charge in [0.25, 0.3) is 5.69 Å².